The number of anilines is 2. The van der Waals surface area contributed by atoms with E-state index in [1.54, 1.807) is 19.9 Å². The van der Waals surface area contributed by atoms with E-state index in [1.807, 2.05) is 0 Å². The van der Waals surface area contributed by atoms with Gasteiger partial charge in [-0.1, -0.05) is 6.07 Å². The Hall–Kier alpha value is -3.61. The Labute approximate surface area is 225 Å². The van der Waals surface area contributed by atoms with Gasteiger partial charge in [0.2, 0.25) is 5.88 Å². The molecule has 0 atom stereocenters. The van der Waals surface area contributed by atoms with Gasteiger partial charge in [0.15, 0.2) is 0 Å². The topological polar surface area (TPSA) is 140 Å². The van der Waals surface area contributed by atoms with Gasteiger partial charge in [-0.05, 0) is 64.2 Å². The zero-order valence-electron chi connectivity index (χ0n) is 22.2. The van der Waals surface area contributed by atoms with Crippen LogP contribution in [-0.2, 0) is 15.7 Å². The summed E-state index contributed by atoms with van der Waals surface area (Å²) in [4.78, 5) is 32.6. The fourth-order valence-electron chi connectivity index (χ4n) is 3.96. The highest BCUT2D eigenvalue weighted by Crippen LogP contribution is 2.33. The van der Waals surface area contributed by atoms with Crippen LogP contribution in [0.2, 0.25) is 0 Å². The average Bonchev–Trinajstić information content (AvgIpc) is 2.88. The predicted octanol–water partition coefficient (Wildman–Crippen LogP) is 4.26. The number of benzene rings is 1. The molecule has 5 N–H and O–H groups in total. The molecule has 0 radical (unpaired) electrons. The van der Waals surface area contributed by atoms with Crippen molar-refractivity contribution in [3.05, 3.63) is 41.7 Å². The number of halogens is 3. The average molecular weight is 553 g/mol. The number of carbonyl (C=O) groups excluding carboxylic acids is 2. The van der Waals surface area contributed by atoms with E-state index >= 15 is 0 Å². The number of nitrogens with two attached hydrogens (primary N) is 1. The Morgan fingerprint density at radius 1 is 1.10 bits per heavy atom. The largest absolute Gasteiger partial charge is 0.474 e. The molecule has 1 fully saturated rings. The summed E-state index contributed by atoms with van der Waals surface area (Å²) < 4.78 is 50.6. The van der Waals surface area contributed by atoms with E-state index in [-0.39, 0.29) is 42.5 Å². The van der Waals surface area contributed by atoms with E-state index in [0.29, 0.717) is 43.9 Å². The molecule has 2 aromatic rings. The first-order chi connectivity index (χ1) is 18.4. The summed E-state index contributed by atoms with van der Waals surface area (Å²) in [6.45, 7) is 5.50. The third-order valence-corrected chi connectivity index (χ3v) is 6.44. The van der Waals surface area contributed by atoms with E-state index < -0.39 is 23.2 Å². The van der Waals surface area contributed by atoms with Gasteiger partial charge < -0.3 is 31.2 Å². The molecule has 1 heterocycles. The van der Waals surface area contributed by atoms with Gasteiger partial charge in [0.05, 0.1) is 17.5 Å². The molecule has 1 saturated carbocycles. The van der Waals surface area contributed by atoms with Gasteiger partial charge in [0, 0.05) is 24.3 Å². The molecule has 2 amide bonds. The highest BCUT2D eigenvalue weighted by atomic mass is 19.4. The van der Waals surface area contributed by atoms with Gasteiger partial charge in [-0.15, -0.1) is 0 Å². The fraction of sp³-hybridized carbons (Fsp3) is 0.538. The second-order valence-electron chi connectivity index (χ2n) is 10.1. The van der Waals surface area contributed by atoms with Crippen molar-refractivity contribution in [2.24, 2.45) is 11.1 Å². The number of amides is 2. The third kappa shape index (κ3) is 8.98. The predicted molar refractivity (Wildman–Crippen MR) is 139 cm³/mol. The normalized spacial score (nSPS) is 17.7. The Kier molecular flexibility index (Phi) is 9.95. The highest BCUT2D eigenvalue weighted by Gasteiger charge is 2.33. The van der Waals surface area contributed by atoms with Crippen LogP contribution in [0.5, 0.6) is 5.88 Å². The van der Waals surface area contributed by atoms with Crippen LogP contribution in [0.3, 0.4) is 0 Å². The number of aryl methyl sites for hydroxylation is 1. The molecule has 1 aromatic heterocycles. The molecule has 10 nitrogen and oxygen atoms in total. The number of rotatable bonds is 10. The first-order valence-electron chi connectivity index (χ1n) is 12.7. The maximum atomic E-state index is 13.1. The second kappa shape index (κ2) is 13.0. The molecule has 0 unspecified atom stereocenters. The molecule has 0 spiro atoms. The number of esters is 1. The minimum Gasteiger partial charge on any atom is -0.474 e. The third-order valence-electron chi connectivity index (χ3n) is 6.44. The highest BCUT2D eigenvalue weighted by molar-refractivity contribution is 5.89. The minimum atomic E-state index is -4.49. The monoisotopic (exact) mass is 552 g/mol. The smallest absolute Gasteiger partial charge is 0.416 e. The van der Waals surface area contributed by atoms with Gasteiger partial charge >= 0.3 is 18.2 Å². The molecule has 3 rings (SSSR count). The number of hydrogen-bond acceptors (Lipinski definition) is 8. The number of aromatic nitrogens is 2. The molecular weight excluding hydrogens is 517 g/mol. The number of nitrogens with zero attached hydrogens (tertiary/aromatic N) is 2. The lowest BCUT2D eigenvalue weighted by molar-refractivity contribution is -0.152. The van der Waals surface area contributed by atoms with E-state index in [2.05, 4.69) is 25.9 Å². The van der Waals surface area contributed by atoms with Crippen molar-refractivity contribution in [1.29, 1.82) is 0 Å². The van der Waals surface area contributed by atoms with Crippen molar-refractivity contribution >= 4 is 23.5 Å². The standard InChI is InChI=1S/C26H35F3N6O4/c1-16-4-5-18(12-20(16)26(27,28)29)35-24(37)34-17-6-8-19(9-7-17)39-22-13-21(32-15-33-22)31-10-11-38-23(36)25(2,3)14-30/h4-5,12-13,15,17,19H,6-11,14,30H2,1-3H3,(H,31,32,33)(H2,34,35,37). The van der Waals surface area contributed by atoms with Gasteiger partial charge in [-0.2, -0.15) is 13.2 Å². The van der Waals surface area contributed by atoms with Crippen LogP contribution >= 0.6 is 0 Å². The zero-order valence-corrected chi connectivity index (χ0v) is 22.2. The molecule has 214 valence electrons. The number of carbonyl (C=O) groups is 2. The molecule has 0 saturated heterocycles. The number of nitrogens with one attached hydrogen (secondary N) is 3. The van der Waals surface area contributed by atoms with Crippen molar-refractivity contribution in [3.63, 3.8) is 0 Å². The van der Waals surface area contributed by atoms with Crippen molar-refractivity contribution in [2.45, 2.75) is 64.8 Å². The summed E-state index contributed by atoms with van der Waals surface area (Å²) in [5.74, 6) is 0.542. The van der Waals surface area contributed by atoms with E-state index in [0.717, 1.165) is 6.07 Å². The summed E-state index contributed by atoms with van der Waals surface area (Å²) in [6.07, 6.45) is -0.636. The van der Waals surface area contributed by atoms with E-state index in [4.69, 9.17) is 15.2 Å². The minimum absolute atomic E-state index is 0.0770. The Morgan fingerprint density at radius 2 is 1.82 bits per heavy atom. The number of ether oxygens (including phenoxy) is 2. The maximum Gasteiger partial charge on any atom is 0.416 e. The quantitative estimate of drug-likeness (QED) is 0.253. The van der Waals surface area contributed by atoms with Gasteiger partial charge in [-0.25, -0.2) is 14.8 Å². The fourth-order valence-corrected chi connectivity index (χ4v) is 3.96. The first kappa shape index (κ1) is 29.9. The number of alkyl halides is 3. The van der Waals surface area contributed by atoms with Crippen LogP contribution in [0.15, 0.2) is 30.6 Å². The molecule has 39 heavy (non-hydrogen) atoms. The lowest BCUT2D eigenvalue weighted by Gasteiger charge is -2.29. The lowest BCUT2D eigenvalue weighted by Crippen LogP contribution is -2.41. The van der Waals surface area contributed by atoms with Crippen LogP contribution in [0.1, 0.15) is 50.7 Å². The number of urea groups is 1. The Bertz CT molecular complexity index is 1140. The molecule has 0 aliphatic heterocycles. The summed E-state index contributed by atoms with van der Waals surface area (Å²) in [7, 11) is 0. The maximum absolute atomic E-state index is 13.1. The molecule has 1 aromatic carbocycles. The van der Waals surface area contributed by atoms with Gasteiger partial charge in [0.25, 0.3) is 0 Å². The summed E-state index contributed by atoms with van der Waals surface area (Å²) in [6, 6.07) is 4.66. The first-order valence-corrected chi connectivity index (χ1v) is 12.7. The van der Waals surface area contributed by atoms with Crippen molar-refractivity contribution < 1.29 is 32.2 Å². The van der Waals surface area contributed by atoms with Crippen LogP contribution in [-0.4, -0.2) is 53.8 Å². The number of hydrogen-bond donors (Lipinski definition) is 4. The lowest BCUT2D eigenvalue weighted by atomic mass is 9.93. The second-order valence-corrected chi connectivity index (χ2v) is 10.1. The summed E-state index contributed by atoms with van der Waals surface area (Å²) in [5.41, 5.74) is 4.22. The molecule has 1 aliphatic rings. The molecular formula is C26H35F3N6O4. The van der Waals surface area contributed by atoms with Crippen LogP contribution < -0.4 is 26.4 Å². The summed E-state index contributed by atoms with van der Waals surface area (Å²) >= 11 is 0. The van der Waals surface area contributed by atoms with Gasteiger partial charge in [0.1, 0.15) is 24.9 Å². The van der Waals surface area contributed by atoms with Crippen molar-refractivity contribution in [2.75, 3.05) is 30.3 Å². The zero-order chi connectivity index (χ0) is 28.6. The van der Waals surface area contributed by atoms with Crippen LogP contribution in [0, 0.1) is 12.3 Å². The van der Waals surface area contributed by atoms with E-state index in [9.17, 15) is 22.8 Å². The molecule has 13 heteroatoms. The molecule has 1 aliphatic carbocycles. The molecule has 0 bridgehead atoms. The summed E-state index contributed by atoms with van der Waals surface area (Å²) in [5, 5.41) is 8.36. The van der Waals surface area contributed by atoms with Gasteiger partial charge in [-0.3, -0.25) is 4.79 Å². The van der Waals surface area contributed by atoms with E-state index in [1.165, 1.54) is 25.4 Å². The Balaban J connectivity index is 1.40. The van der Waals surface area contributed by atoms with Crippen molar-refractivity contribution in [3.8, 4) is 5.88 Å². The van der Waals surface area contributed by atoms with Crippen molar-refractivity contribution in [1.82, 2.24) is 15.3 Å². The van der Waals surface area contributed by atoms with Crippen LogP contribution in [0.4, 0.5) is 29.5 Å². The van der Waals surface area contributed by atoms with Crippen LogP contribution in [0.25, 0.3) is 0 Å². The Morgan fingerprint density at radius 3 is 2.49 bits per heavy atom. The SMILES string of the molecule is Cc1ccc(NC(=O)NC2CCC(Oc3cc(NCCOC(=O)C(C)(C)CN)ncn3)CC2)cc1C(F)(F)F.